The molecular weight excluding hydrogens is 374 g/mol. The Balaban J connectivity index is 2.18. The summed E-state index contributed by atoms with van der Waals surface area (Å²) in [4.78, 5) is 28.1. The lowest BCUT2D eigenvalue weighted by atomic mass is 10.1. The molecule has 2 aromatic carbocycles. The van der Waals surface area contributed by atoms with Gasteiger partial charge in [-0.15, -0.1) is 0 Å². The molecule has 0 bridgehead atoms. The lowest BCUT2D eigenvalue weighted by Gasteiger charge is -2.17. The molecule has 0 radical (unpaired) electrons. The molecule has 0 unspecified atom stereocenters. The number of aromatic nitrogens is 1. The summed E-state index contributed by atoms with van der Waals surface area (Å²) in [5.41, 5.74) is 8.78. The van der Waals surface area contributed by atoms with Gasteiger partial charge in [0.2, 0.25) is 0 Å². The van der Waals surface area contributed by atoms with E-state index in [1.807, 2.05) is 6.92 Å². The molecule has 1 heterocycles. The van der Waals surface area contributed by atoms with Crippen molar-refractivity contribution in [2.75, 3.05) is 26.6 Å². The summed E-state index contributed by atoms with van der Waals surface area (Å²) in [5, 5.41) is 3.88. The average molecular weight is 395 g/mol. The molecule has 3 rings (SSSR count). The summed E-state index contributed by atoms with van der Waals surface area (Å²) < 4.78 is 15.5. The van der Waals surface area contributed by atoms with E-state index in [0.717, 1.165) is 5.56 Å². The monoisotopic (exact) mass is 395 g/mol. The van der Waals surface area contributed by atoms with E-state index in [4.69, 9.17) is 19.9 Å². The van der Waals surface area contributed by atoms with Crippen molar-refractivity contribution in [3.63, 3.8) is 0 Å². The summed E-state index contributed by atoms with van der Waals surface area (Å²) in [6.07, 6.45) is 1.41. The second-order valence-corrected chi connectivity index (χ2v) is 6.28. The average Bonchev–Trinajstić information content (AvgIpc) is 2.73. The van der Waals surface area contributed by atoms with E-state index in [-0.39, 0.29) is 5.56 Å². The summed E-state index contributed by atoms with van der Waals surface area (Å²) in [6.45, 7) is 1.84. The van der Waals surface area contributed by atoms with Gasteiger partial charge in [0.05, 0.1) is 43.7 Å². The summed E-state index contributed by atoms with van der Waals surface area (Å²) >= 11 is 0. The highest BCUT2D eigenvalue weighted by molar-refractivity contribution is 6.08. The number of carbonyl (C=O) groups excluding carboxylic acids is 2. The molecule has 0 aliphatic carbocycles. The number of rotatable bonds is 6. The number of anilines is 2. The van der Waals surface area contributed by atoms with Crippen LogP contribution in [0.2, 0.25) is 0 Å². The van der Waals surface area contributed by atoms with E-state index < -0.39 is 11.9 Å². The maximum atomic E-state index is 12.0. The van der Waals surface area contributed by atoms with Gasteiger partial charge in [-0.3, -0.25) is 9.78 Å². The summed E-state index contributed by atoms with van der Waals surface area (Å²) in [6, 6.07) is 8.52. The molecule has 1 amide bonds. The number of pyridine rings is 1. The fraction of sp³-hybridized carbons (Fsp3) is 0.190. The van der Waals surface area contributed by atoms with Crippen LogP contribution in [0.3, 0.4) is 0 Å². The lowest BCUT2D eigenvalue weighted by molar-refractivity contribution is 0.0600. The molecule has 0 spiro atoms. The summed E-state index contributed by atoms with van der Waals surface area (Å²) in [5.74, 6) is -0.0442. The van der Waals surface area contributed by atoms with Gasteiger partial charge in [0.25, 0.3) is 5.91 Å². The number of esters is 1. The maximum absolute atomic E-state index is 12.0. The minimum Gasteiger partial charge on any atom is -0.493 e. The maximum Gasteiger partial charge on any atom is 0.337 e. The second kappa shape index (κ2) is 8.05. The number of hydrogen-bond donors (Lipinski definition) is 2. The first kappa shape index (κ1) is 19.9. The predicted molar refractivity (Wildman–Crippen MR) is 109 cm³/mol. The van der Waals surface area contributed by atoms with Crippen LogP contribution in [0.4, 0.5) is 11.4 Å². The molecule has 8 heteroatoms. The molecule has 0 saturated carbocycles. The van der Waals surface area contributed by atoms with Crippen molar-refractivity contribution in [1.29, 1.82) is 0 Å². The van der Waals surface area contributed by atoms with Gasteiger partial charge in [-0.1, -0.05) is 0 Å². The van der Waals surface area contributed by atoms with Gasteiger partial charge < -0.3 is 25.3 Å². The Labute approximate surface area is 167 Å². The van der Waals surface area contributed by atoms with Crippen LogP contribution in [-0.2, 0) is 4.74 Å². The van der Waals surface area contributed by atoms with E-state index >= 15 is 0 Å². The number of aryl methyl sites for hydroxylation is 1. The van der Waals surface area contributed by atoms with Gasteiger partial charge in [-0.2, -0.15) is 0 Å². The van der Waals surface area contributed by atoms with E-state index in [1.165, 1.54) is 27.5 Å². The number of nitrogens with zero attached hydrogens (tertiary/aromatic N) is 1. The fourth-order valence-electron chi connectivity index (χ4n) is 3.02. The van der Waals surface area contributed by atoms with Crippen LogP contribution in [0.25, 0.3) is 10.9 Å². The van der Waals surface area contributed by atoms with Gasteiger partial charge in [0.15, 0.2) is 11.5 Å². The Morgan fingerprint density at radius 3 is 2.31 bits per heavy atom. The van der Waals surface area contributed by atoms with Gasteiger partial charge >= 0.3 is 5.97 Å². The molecular formula is C21H21N3O5. The standard InChI is InChI=1S/C21H21N3O5/c1-11-7-12(21(26)29-4)5-6-15(11)24-19-13-8-17(27-2)18(28-3)9-16(13)23-10-14(19)20(22)25/h5-10H,1-4H3,(H2,22,25)(H,23,24). The molecule has 150 valence electrons. The number of benzene rings is 2. The molecule has 1 aromatic heterocycles. The van der Waals surface area contributed by atoms with E-state index in [9.17, 15) is 9.59 Å². The van der Waals surface area contributed by atoms with Crippen LogP contribution < -0.4 is 20.5 Å². The Bertz CT molecular complexity index is 1110. The quantitative estimate of drug-likeness (QED) is 0.616. The topological polar surface area (TPSA) is 113 Å². The Morgan fingerprint density at radius 1 is 1.03 bits per heavy atom. The van der Waals surface area contributed by atoms with Crippen LogP contribution in [0.1, 0.15) is 26.3 Å². The molecule has 8 nitrogen and oxygen atoms in total. The summed E-state index contributed by atoms with van der Waals surface area (Å²) in [7, 11) is 4.39. The van der Waals surface area contributed by atoms with Gasteiger partial charge in [-0.25, -0.2) is 4.79 Å². The zero-order chi connectivity index (χ0) is 21.1. The van der Waals surface area contributed by atoms with Crippen molar-refractivity contribution in [3.8, 4) is 11.5 Å². The normalized spacial score (nSPS) is 10.5. The van der Waals surface area contributed by atoms with Crippen LogP contribution in [0.5, 0.6) is 11.5 Å². The lowest BCUT2D eigenvalue weighted by Crippen LogP contribution is -2.14. The third kappa shape index (κ3) is 3.77. The van der Waals surface area contributed by atoms with Crippen molar-refractivity contribution >= 4 is 34.2 Å². The van der Waals surface area contributed by atoms with Gasteiger partial charge in [0, 0.05) is 23.3 Å². The number of ether oxygens (including phenoxy) is 3. The van der Waals surface area contributed by atoms with Crippen molar-refractivity contribution in [1.82, 2.24) is 4.98 Å². The van der Waals surface area contributed by atoms with Crippen molar-refractivity contribution < 1.29 is 23.8 Å². The van der Waals surface area contributed by atoms with Gasteiger partial charge in [0.1, 0.15) is 0 Å². The molecule has 0 atom stereocenters. The van der Waals surface area contributed by atoms with E-state index in [0.29, 0.717) is 39.3 Å². The number of amides is 1. The third-order valence-electron chi connectivity index (χ3n) is 4.55. The number of methoxy groups -OCH3 is 3. The highest BCUT2D eigenvalue weighted by atomic mass is 16.5. The highest BCUT2D eigenvalue weighted by Crippen LogP contribution is 2.37. The molecule has 3 aromatic rings. The Hall–Kier alpha value is -3.81. The first-order valence-electron chi connectivity index (χ1n) is 8.70. The molecule has 3 N–H and O–H groups in total. The van der Waals surface area contributed by atoms with Crippen LogP contribution in [0.15, 0.2) is 36.5 Å². The minimum absolute atomic E-state index is 0.223. The van der Waals surface area contributed by atoms with Crippen molar-refractivity contribution in [2.45, 2.75) is 6.92 Å². The minimum atomic E-state index is -0.625. The fourth-order valence-corrected chi connectivity index (χ4v) is 3.02. The molecule has 0 aliphatic rings. The number of fused-ring (bicyclic) bond motifs is 1. The van der Waals surface area contributed by atoms with Crippen molar-refractivity contribution in [2.24, 2.45) is 5.73 Å². The van der Waals surface area contributed by atoms with Crippen LogP contribution in [0, 0.1) is 6.92 Å². The van der Waals surface area contributed by atoms with Gasteiger partial charge in [-0.05, 0) is 36.8 Å². The zero-order valence-electron chi connectivity index (χ0n) is 16.5. The van der Waals surface area contributed by atoms with Crippen LogP contribution in [-0.4, -0.2) is 38.2 Å². The third-order valence-corrected chi connectivity index (χ3v) is 4.55. The predicted octanol–water partition coefficient (Wildman–Crippen LogP) is 3.19. The number of nitrogens with two attached hydrogens (primary N) is 1. The SMILES string of the molecule is COC(=O)c1ccc(Nc2c(C(N)=O)cnc3cc(OC)c(OC)cc23)c(C)c1. The first-order chi connectivity index (χ1) is 13.9. The van der Waals surface area contributed by atoms with E-state index in [2.05, 4.69) is 10.3 Å². The molecule has 0 saturated heterocycles. The second-order valence-electron chi connectivity index (χ2n) is 6.28. The Morgan fingerprint density at radius 2 is 1.72 bits per heavy atom. The van der Waals surface area contributed by atoms with E-state index in [1.54, 1.807) is 30.3 Å². The molecule has 0 aliphatic heterocycles. The molecule has 29 heavy (non-hydrogen) atoms. The number of nitrogens with one attached hydrogen (secondary N) is 1. The largest absolute Gasteiger partial charge is 0.493 e. The highest BCUT2D eigenvalue weighted by Gasteiger charge is 2.18. The van der Waals surface area contributed by atoms with Crippen LogP contribution >= 0.6 is 0 Å². The number of hydrogen-bond acceptors (Lipinski definition) is 7. The number of primary amides is 1. The first-order valence-corrected chi connectivity index (χ1v) is 8.70. The molecule has 0 fully saturated rings. The number of carbonyl (C=O) groups is 2. The Kier molecular flexibility index (Phi) is 5.54. The van der Waals surface area contributed by atoms with Crippen molar-refractivity contribution in [3.05, 3.63) is 53.2 Å². The smallest absolute Gasteiger partial charge is 0.337 e. The zero-order valence-corrected chi connectivity index (χ0v) is 16.5.